The van der Waals surface area contributed by atoms with Crippen molar-refractivity contribution in [3.05, 3.63) is 11.2 Å². The summed E-state index contributed by atoms with van der Waals surface area (Å²) in [6.07, 6.45) is 1.49. The molecule has 0 aliphatic carbocycles. The minimum absolute atomic E-state index is 0.304. The van der Waals surface area contributed by atoms with E-state index in [2.05, 4.69) is 18.8 Å². The quantitative estimate of drug-likeness (QED) is 0.652. The number of thiazole rings is 1. The molecule has 0 aliphatic heterocycles. The van der Waals surface area contributed by atoms with Crippen LogP contribution in [0.25, 0.3) is 0 Å². The molecule has 1 N–H and O–H groups in total. The third-order valence-electron chi connectivity index (χ3n) is 1.01. The van der Waals surface area contributed by atoms with Gasteiger partial charge in [-0.05, 0) is 0 Å². The lowest BCUT2D eigenvalue weighted by Crippen LogP contribution is -1.81. The molecule has 1 heterocycles. The maximum absolute atomic E-state index is 8.86. The molecule has 1 aromatic rings. The fraction of sp³-hybridized carbons (Fsp3) is 0.500. The highest BCUT2D eigenvalue weighted by Crippen LogP contribution is 2.24. The molecule has 0 fully saturated rings. The van der Waals surface area contributed by atoms with E-state index in [1.807, 2.05) is 0 Å². The second-order valence-electron chi connectivity index (χ2n) is 2.19. The van der Waals surface area contributed by atoms with Crippen LogP contribution in [0, 0.1) is 0 Å². The van der Waals surface area contributed by atoms with E-state index in [0.717, 1.165) is 5.01 Å². The van der Waals surface area contributed by atoms with Gasteiger partial charge in [0.1, 0.15) is 0 Å². The van der Waals surface area contributed by atoms with Gasteiger partial charge in [-0.15, -0.1) is 0 Å². The van der Waals surface area contributed by atoms with Gasteiger partial charge in [-0.3, -0.25) is 0 Å². The molecule has 0 unspecified atom stereocenters. The second kappa shape index (κ2) is 2.35. The zero-order valence-corrected chi connectivity index (χ0v) is 6.27. The van der Waals surface area contributed by atoms with Gasteiger partial charge in [-0.1, -0.05) is 25.2 Å². The number of rotatable bonds is 1. The van der Waals surface area contributed by atoms with Crippen molar-refractivity contribution in [3.8, 4) is 5.06 Å². The lowest BCUT2D eigenvalue weighted by Gasteiger charge is -1.93. The summed E-state index contributed by atoms with van der Waals surface area (Å²) in [5.41, 5.74) is 0. The van der Waals surface area contributed by atoms with Crippen LogP contribution in [0.4, 0.5) is 0 Å². The van der Waals surface area contributed by atoms with E-state index >= 15 is 0 Å². The van der Waals surface area contributed by atoms with Gasteiger partial charge < -0.3 is 5.11 Å². The van der Waals surface area contributed by atoms with Gasteiger partial charge in [0.25, 0.3) is 0 Å². The summed E-state index contributed by atoms with van der Waals surface area (Å²) in [6.45, 7) is 4.11. The molecule has 2 nitrogen and oxygen atoms in total. The largest absolute Gasteiger partial charge is 0.498 e. The Morgan fingerprint density at radius 3 is 2.56 bits per heavy atom. The highest BCUT2D eigenvalue weighted by atomic mass is 32.1. The third-order valence-corrected chi connectivity index (χ3v) is 2.11. The first-order chi connectivity index (χ1) is 4.20. The van der Waals surface area contributed by atoms with Crippen LogP contribution in [0.1, 0.15) is 24.8 Å². The van der Waals surface area contributed by atoms with Crippen LogP contribution in [-0.4, -0.2) is 10.1 Å². The van der Waals surface area contributed by atoms with Gasteiger partial charge in [0.2, 0.25) is 0 Å². The Hall–Kier alpha value is -0.570. The summed E-state index contributed by atoms with van der Waals surface area (Å²) >= 11 is 1.34. The first kappa shape index (κ1) is 6.55. The lowest BCUT2D eigenvalue weighted by molar-refractivity contribution is 0.489. The molecule has 0 saturated carbocycles. The van der Waals surface area contributed by atoms with Crippen molar-refractivity contribution < 1.29 is 5.11 Å². The van der Waals surface area contributed by atoms with Crippen molar-refractivity contribution in [3.63, 3.8) is 0 Å². The molecule has 0 spiro atoms. The summed E-state index contributed by atoms with van der Waals surface area (Å²) in [4.78, 5) is 3.98. The molecule has 0 radical (unpaired) electrons. The molecule has 9 heavy (non-hydrogen) atoms. The van der Waals surface area contributed by atoms with Crippen molar-refractivity contribution in [1.29, 1.82) is 0 Å². The molecule has 0 amide bonds. The van der Waals surface area contributed by atoms with Crippen LogP contribution in [0.5, 0.6) is 5.06 Å². The Balaban J connectivity index is 2.85. The summed E-state index contributed by atoms with van der Waals surface area (Å²) < 4.78 is 0. The number of hydrogen-bond donors (Lipinski definition) is 1. The van der Waals surface area contributed by atoms with Crippen molar-refractivity contribution in [2.24, 2.45) is 0 Å². The van der Waals surface area contributed by atoms with Crippen LogP contribution in [0.2, 0.25) is 0 Å². The number of hydrogen-bond acceptors (Lipinski definition) is 3. The van der Waals surface area contributed by atoms with Crippen LogP contribution in [0.15, 0.2) is 6.20 Å². The van der Waals surface area contributed by atoms with Crippen LogP contribution >= 0.6 is 11.3 Å². The van der Waals surface area contributed by atoms with Crippen molar-refractivity contribution in [1.82, 2.24) is 4.98 Å². The Labute approximate surface area is 58.2 Å². The fourth-order valence-corrected chi connectivity index (χ4v) is 1.21. The molecule has 0 aliphatic rings. The topological polar surface area (TPSA) is 33.1 Å². The third kappa shape index (κ3) is 1.42. The van der Waals surface area contributed by atoms with E-state index in [9.17, 15) is 0 Å². The molecule has 0 bridgehead atoms. The molecule has 0 saturated heterocycles. The molecular weight excluding hydrogens is 134 g/mol. The fourth-order valence-electron chi connectivity index (χ4n) is 0.546. The van der Waals surface area contributed by atoms with Crippen LogP contribution in [-0.2, 0) is 0 Å². The SMILES string of the molecule is CC(C)c1ncc(O)s1. The predicted octanol–water partition coefficient (Wildman–Crippen LogP) is 1.97. The van der Waals surface area contributed by atoms with E-state index in [1.54, 1.807) is 0 Å². The van der Waals surface area contributed by atoms with Crippen molar-refractivity contribution in [2.45, 2.75) is 19.8 Å². The Kier molecular flexibility index (Phi) is 1.71. The van der Waals surface area contributed by atoms with Gasteiger partial charge in [-0.25, -0.2) is 4.98 Å². The highest BCUT2D eigenvalue weighted by molar-refractivity contribution is 7.13. The molecule has 1 rings (SSSR count). The molecule has 0 aromatic carbocycles. The average molecular weight is 143 g/mol. The van der Waals surface area contributed by atoms with Gasteiger partial charge in [0.15, 0.2) is 5.06 Å². The minimum atomic E-state index is 0.304. The highest BCUT2D eigenvalue weighted by Gasteiger charge is 2.02. The normalized spacial score (nSPS) is 10.6. The first-order valence-corrected chi connectivity index (χ1v) is 3.66. The Morgan fingerprint density at radius 1 is 1.67 bits per heavy atom. The summed E-state index contributed by atoms with van der Waals surface area (Å²) in [7, 11) is 0. The minimum Gasteiger partial charge on any atom is -0.498 e. The van der Waals surface area contributed by atoms with Crippen LogP contribution < -0.4 is 0 Å². The van der Waals surface area contributed by atoms with E-state index in [4.69, 9.17) is 5.11 Å². The van der Waals surface area contributed by atoms with E-state index in [1.165, 1.54) is 17.5 Å². The van der Waals surface area contributed by atoms with Crippen LogP contribution in [0.3, 0.4) is 0 Å². The monoisotopic (exact) mass is 143 g/mol. The van der Waals surface area contributed by atoms with Gasteiger partial charge in [0, 0.05) is 5.92 Å². The molecule has 3 heteroatoms. The van der Waals surface area contributed by atoms with E-state index < -0.39 is 0 Å². The number of aromatic nitrogens is 1. The van der Waals surface area contributed by atoms with Gasteiger partial charge >= 0.3 is 0 Å². The molecule has 1 aromatic heterocycles. The van der Waals surface area contributed by atoms with Gasteiger partial charge in [0.05, 0.1) is 11.2 Å². The predicted molar refractivity (Wildman–Crippen MR) is 37.9 cm³/mol. The molecule has 50 valence electrons. The average Bonchev–Trinajstić information content (AvgIpc) is 2.14. The molecule has 0 atom stereocenters. The Bertz CT molecular complexity index is 195. The zero-order chi connectivity index (χ0) is 6.85. The molecular formula is C6H9NOS. The second-order valence-corrected chi connectivity index (χ2v) is 3.23. The Morgan fingerprint density at radius 2 is 2.33 bits per heavy atom. The number of aromatic hydroxyl groups is 1. The van der Waals surface area contributed by atoms with Crippen molar-refractivity contribution in [2.75, 3.05) is 0 Å². The van der Waals surface area contributed by atoms with Crippen molar-refractivity contribution >= 4 is 11.3 Å². The summed E-state index contributed by atoms with van der Waals surface area (Å²) in [5.74, 6) is 0.427. The lowest BCUT2D eigenvalue weighted by atomic mass is 10.2. The maximum Gasteiger partial charge on any atom is 0.191 e. The van der Waals surface area contributed by atoms with Gasteiger partial charge in [-0.2, -0.15) is 0 Å². The summed E-state index contributed by atoms with van der Waals surface area (Å²) in [5, 5.41) is 10.2. The van der Waals surface area contributed by atoms with E-state index in [-0.39, 0.29) is 0 Å². The zero-order valence-electron chi connectivity index (χ0n) is 5.46. The maximum atomic E-state index is 8.86. The standard InChI is InChI=1S/C6H9NOS/c1-4(2)6-7-3-5(8)9-6/h3-4,8H,1-2H3. The number of nitrogens with zero attached hydrogens (tertiary/aromatic N) is 1. The first-order valence-electron chi connectivity index (χ1n) is 2.85. The van der Waals surface area contributed by atoms with E-state index in [0.29, 0.717) is 11.0 Å². The smallest absolute Gasteiger partial charge is 0.191 e. The summed E-state index contributed by atoms with van der Waals surface area (Å²) in [6, 6.07) is 0.